The van der Waals surface area contributed by atoms with Crippen molar-refractivity contribution in [3.8, 4) is 0 Å². The smallest absolute Gasteiger partial charge is 0.243 e. The highest BCUT2D eigenvalue weighted by atomic mass is 35.5. The summed E-state index contributed by atoms with van der Waals surface area (Å²) in [6.45, 7) is 5.70. The number of rotatable bonds is 10. The van der Waals surface area contributed by atoms with Gasteiger partial charge in [0.2, 0.25) is 10.0 Å². The number of likely N-dealkylation sites (tertiary alicyclic amines) is 1. The van der Waals surface area contributed by atoms with Crippen LogP contribution in [0.15, 0.2) is 83.8 Å². The third kappa shape index (κ3) is 6.70. The first-order valence-corrected chi connectivity index (χ1v) is 14.9. The van der Waals surface area contributed by atoms with Gasteiger partial charge in [0, 0.05) is 13.1 Å². The zero-order valence-corrected chi connectivity index (χ0v) is 23.0. The molecule has 1 aliphatic rings. The lowest BCUT2D eigenvalue weighted by Crippen LogP contribution is -2.37. The summed E-state index contributed by atoms with van der Waals surface area (Å²) in [5, 5.41) is 1.00. The van der Waals surface area contributed by atoms with Crippen LogP contribution < -0.4 is 0 Å². The minimum absolute atomic E-state index is 0.00468. The maximum absolute atomic E-state index is 13.4. The van der Waals surface area contributed by atoms with Crippen molar-refractivity contribution in [2.45, 2.75) is 42.9 Å². The molecule has 0 spiro atoms. The van der Waals surface area contributed by atoms with Crippen molar-refractivity contribution >= 4 is 33.2 Å². The number of hydrogen-bond acceptors (Lipinski definition) is 3. The van der Waals surface area contributed by atoms with Crippen LogP contribution in [0.3, 0.4) is 0 Å². The van der Waals surface area contributed by atoms with Gasteiger partial charge in [-0.15, -0.1) is 0 Å². The van der Waals surface area contributed by atoms with Gasteiger partial charge in [-0.1, -0.05) is 84.7 Å². The van der Waals surface area contributed by atoms with Crippen LogP contribution in [0.5, 0.6) is 0 Å². The zero-order chi connectivity index (χ0) is 25.5. The number of piperidine rings is 1. The van der Waals surface area contributed by atoms with Crippen LogP contribution in [0.4, 0.5) is 0 Å². The molecule has 0 saturated carbocycles. The molecule has 4 nitrogen and oxygen atoms in total. The predicted octanol–water partition coefficient (Wildman–Crippen LogP) is 7.06. The molecule has 1 saturated heterocycles. The van der Waals surface area contributed by atoms with E-state index in [1.807, 2.05) is 25.1 Å². The molecule has 7 heteroatoms. The Balaban J connectivity index is 1.47. The van der Waals surface area contributed by atoms with Crippen LogP contribution in [0.1, 0.15) is 49.1 Å². The van der Waals surface area contributed by atoms with Gasteiger partial charge in [0.15, 0.2) is 0 Å². The topological polar surface area (TPSA) is 40.6 Å². The molecule has 0 aromatic heterocycles. The molecule has 1 unspecified atom stereocenters. The van der Waals surface area contributed by atoms with Gasteiger partial charge in [-0.2, -0.15) is 4.31 Å². The average molecular weight is 546 g/mol. The second-order valence-electron chi connectivity index (χ2n) is 9.45. The molecular weight excluding hydrogens is 511 g/mol. The number of nitrogens with zero attached hydrogens (tertiary/aromatic N) is 2. The van der Waals surface area contributed by atoms with E-state index in [9.17, 15) is 8.42 Å². The summed E-state index contributed by atoms with van der Waals surface area (Å²) < 4.78 is 28.4. The Bertz CT molecular complexity index is 1210. The third-order valence-corrected chi connectivity index (χ3v) is 9.92. The lowest BCUT2D eigenvalue weighted by molar-refractivity contribution is 0.202. The lowest BCUT2D eigenvalue weighted by atomic mass is 9.89. The fourth-order valence-electron chi connectivity index (χ4n) is 5.07. The monoisotopic (exact) mass is 544 g/mol. The standard InChI is InChI=1S/C29H34Cl2N2O2S/c1-2-33(36(34,35)27-11-7-4-8-12-27)22-26(25-13-14-28(30)29(31)21-25)17-20-32-18-15-24(16-19-32)23-9-5-3-6-10-23/h3-14,21,24,26H,2,15-20,22H2,1H3. The van der Waals surface area contributed by atoms with Crippen molar-refractivity contribution < 1.29 is 8.42 Å². The van der Waals surface area contributed by atoms with Crippen LogP contribution >= 0.6 is 23.2 Å². The molecule has 1 heterocycles. The van der Waals surface area contributed by atoms with Crippen LogP contribution in [0, 0.1) is 0 Å². The van der Waals surface area contributed by atoms with Gasteiger partial charge >= 0.3 is 0 Å². The summed E-state index contributed by atoms with van der Waals surface area (Å²) in [7, 11) is -3.59. The average Bonchev–Trinajstić information content (AvgIpc) is 2.91. The Hall–Kier alpha value is -1.89. The quantitative estimate of drug-likeness (QED) is 0.274. The summed E-state index contributed by atoms with van der Waals surface area (Å²) in [6, 6.07) is 25.1. The summed E-state index contributed by atoms with van der Waals surface area (Å²) in [5.41, 5.74) is 2.45. The van der Waals surface area contributed by atoms with Crippen molar-refractivity contribution in [3.63, 3.8) is 0 Å². The highest BCUT2D eigenvalue weighted by Crippen LogP contribution is 2.32. The Morgan fingerprint density at radius 3 is 2.17 bits per heavy atom. The van der Waals surface area contributed by atoms with E-state index < -0.39 is 10.0 Å². The van der Waals surface area contributed by atoms with E-state index in [2.05, 4.69) is 35.2 Å². The summed E-state index contributed by atoms with van der Waals surface area (Å²) in [4.78, 5) is 2.83. The Morgan fingerprint density at radius 1 is 0.917 bits per heavy atom. The Labute approximate surface area is 225 Å². The van der Waals surface area contributed by atoms with E-state index >= 15 is 0 Å². The first kappa shape index (κ1) is 27.2. The molecular formula is C29H34Cl2N2O2S. The molecule has 0 N–H and O–H groups in total. The molecule has 1 aliphatic heterocycles. The Morgan fingerprint density at radius 2 is 1.56 bits per heavy atom. The van der Waals surface area contributed by atoms with Crippen LogP contribution in [-0.2, 0) is 10.0 Å². The number of halogens is 2. The molecule has 4 rings (SSSR count). The molecule has 1 atom stereocenters. The minimum atomic E-state index is -3.59. The lowest BCUT2D eigenvalue weighted by Gasteiger charge is -2.34. The normalized spacial score (nSPS) is 16.3. The first-order chi connectivity index (χ1) is 17.4. The van der Waals surface area contributed by atoms with Crippen molar-refractivity contribution in [1.29, 1.82) is 0 Å². The van der Waals surface area contributed by atoms with Gasteiger partial charge in [0.05, 0.1) is 14.9 Å². The van der Waals surface area contributed by atoms with Crippen LogP contribution in [0.25, 0.3) is 0 Å². The van der Waals surface area contributed by atoms with Crippen molar-refractivity contribution in [2.75, 3.05) is 32.7 Å². The number of hydrogen-bond donors (Lipinski definition) is 0. The zero-order valence-electron chi connectivity index (χ0n) is 20.7. The van der Waals surface area contributed by atoms with Crippen LogP contribution in [-0.4, -0.2) is 50.3 Å². The third-order valence-electron chi connectivity index (χ3n) is 7.23. The van der Waals surface area contributed by atoms with E-state index in [4.69, 9.17) is 23.2 Å². The molecule has 3 aromatic carbocycles. The highest BCUT2D eigenvalue weighted by molar-refractivity contribution is 7.89. The first-order valence-electron chi connectivity index (χ1n) is 12.7. The second kappa shape index (κ2) is 12.6. The number of benzene rings is 3. The van der Waals surface area contributed by atoms with Crippen molar-refractivity contribution in [3.05, 3.63) is 100 Å². The fraction of sp³-hybridized carbons (Fsp3) is 0.379. The molecule has 192 valence electrons. The van der Waals surface area contributed by atoms with Gasteiger partial charge in [0.1, 0.15) is 0 Å². The van der Waals surface area contributed by atoms with Crippen LogP contribution in [0.2, 0.25) is 10.0 Å². The van der Waals surface area contributed by atoms with E-state index in [-0.39, 0.29) is 5.92 Å². The van der Waals surface area contributed by atoms with Gasteiger partial charge in [-0.05, 0) is 86.1 Å². The van der Waals surface area contributed by atoms with Crippen molar-refractivity contribution in [1.82, 2.24) is 9.21 Å². The summed E-state index contributed by atoms with van der Waals surface area (Å²) in [5.74, 6) is 0.616. The molecule has 0 amide bonds. The van der Waals surface area contributed by atoms with Gasteiger partial charge in [-0.25, -0.2) is 8.42 Å². The van der Waals surface area contributed by atoms with E-state index in [0.29, 0.717) is 33.9 Å². The summed E-state index contributed by atoms with van der Waals surface area (Å²) >= 11 is 12.6. The molecule has 36 heavy (non-hydrogen) atoms. The van der Waals surface area contributed by atoms with E-state index in [0.717, 1.165) is 44.5 Å². The van der Waals surface area contributed by atoms with E-state index in [1.165, 1.54) is 5.56 Å². The maximum atomic E-state index is 13.4. The number of sulfonamides is 1. The minimum Gasteiger partial charge on any atom is -0.303 e. The molecule has 1 fully saturated rings. The highest BCUT2D eigenvalue weighted by Gasteiger charge is 2.28. The van der Waals surface area contributed by atoms with Crippen molar-refractivity contribution in [2.24, 2.45) is 0 Å². The maximum Gasteiger partial charge on any atom is 0.243 e. The molecule has 0 aliphatic carbocycles. The molecule has 0 bridgehead atoms. The van der Waals surface area contributed by atoms with Gasteiger partial charge in [-0.3, -0.25) is 0 Å². The fourth-order valence-corrected chi connectivity index (χ4v) is 6.89. The second-order valence-corrected chi connectivity index (χ2v) is 12.2. The molecule has 0 radical (unpaired) electrons. The largest absolute Gasteiger partial charge is 0.303 e. The Kier molecular flexibility index (Phi) is 9.48. The van der Waals surface area contributed by atoms with E-state index in [1.54, 1.807) is 34.6 Å². The van der Waals surface area contributed by atoms with Gasteiger partial charge in [0.25, 0.3) is 0 Å². The van der Waals surface area contributed by atoms with Gasteiger partial charge < -0.3 is 4.90 Å². The molecule has 3 aromatic rings. The predicted molar refractivity (Wildman–Crippen MR) is 150 cm³/mol. The summed E-state index contributed by atoms with van der Waals surface area (Å²) in [6.07, 6.45) is 3.13. The number of likely N-dealkylation sites (N-methyl/N-ethyl adjacent to an activating group) is 1. The SMILES string of the molecule is CCN(CC(CCN1CCC(c2ccccc2)CC1)c1ccc(Cl)c(Cl)c1)S(=O)(=O)c1ccccc1.